The highest BCUT2D eigenvalue weighted by Gasteiger charge is 2.29. The molecule has 1 aliphatic heterocycles. The fourth-order valence-corrected chi connectivity index (χ4v) is 4.04. The van der Waals surface area contributed by atoms with E-state index in [1.165, 1.54) is 18.1 Å². The predicted molar refractivity (Wildman–Crippen MR) is 97.9 cm³/mol. The van der Waals surface area contributed by atoms with Gasteiger partial charge in [-0.15, -0.1) is 0 Å². The normalized spacial score (nSPS) is 15.0. The Morgan fingerprint density at radius 3 is 3.08 bits per heavy atom. The molecule has 1 amide bonds. The average Bonchev–Trinajstić information content (AvgIpc) is 3.08. The minimum atomic E-state index is -0.286. The number of thioether (sulfide) groups is 1. The maximum absolute atomic E-state index is 13.0. The number of hydrogen-bond acceptors (Lipinski definition) is 6. The standard InChI is InChI=1S/C18H18N4O3S/c1-2-15(26-18-21-12-5-3-4-6-14(12)25-18)17(24)22-8-7-11-13(9-22)19-10-20-16(11)23/h3-6,10,15H,2,7-9H2,1H3,(H,19,20,23)/t15-/m1/s1. The van der Waals surface area contributed by atoms with E-state index < -0.39 is 0 Å². The van der Waals surface area contributed by atoms with Gasteiger partial charge in [-0.25, -0.2) is 9.97 Å². The minimum absolute atomic E-state index is 0.0208. The Balaban J connectivity index is 1.51. The molecule has 0 bridgehead atoms. The van der Waals surface area contributed by atoms with Gasteiger partial charge in [0.25, 0.3) is 10.8 Å². The molecule has 134 valence electrons. The molecule has 0 saturated heterocycles. The summed E-state index contributed by atoms with van der Waals surface area (Å²) in [7, 11) is 0. The van der Waals surface area contributed by atoms with E-state index in [0.717, 1.165) is 5.52 Å². The van der Waals surface area contributed by atoms with E-state index in [4.69, 9.17) is 4.42 Å². The quantitative estimate of drug-likeness (QED) is 0.709. The molecule has 0 saturated carbocycles. The number of rotatable bonds is 4. The maximum atomic E-state index is 13.0. The van der Waals surface area contributed by atoms with Crippen molar-refractivity contribution < 1.29 is 9.21 Å². The summed E-state index contributed by atoms with van der Waals surface area (Å²) in [6.07, 6.45) is 2.57. The molecule has 4 rings (SSSR count). The average molecular weight is 370 g/mol. The van der Waals surface area contributed by atoms with E-state index in [0.29, 0.717) is 48.0 Å². The fraction of sp³-hybridized carbons (Fsp3) is 0.333. The Morgan fingerprint density at radius 1 is 1.42 bits per heavy atom. The summed E-state index contributed by atoms with van der Waals surface area (Å²) in [6, 6.07) is 7.54. The lowest BCUT2D eigenvalue weighted by Gasteiger charge is -2.29. The lowest BCUT2D eigenvalue weighted by Crippen LogP contribution is -2.42. The largest absolute Gasteiger partial charge is 0.431 e. The molecule has 3 heterocycles. The van der Waals surface area contributed by atoms with Crippen LogP contribution in [-0.4, -0.2) is 37.6 Å². The number of carbonyl (C=O) groups is 1. The molecule has 0 fully saturated rings. The van der Waals surface area contributed by atoms with Crippen LogP contribution in [0, 0.1) is 0 Å². The first-order chi connectivity index (χ1) is 12.7. The van der Waals surface area contributed by atoms with Gasteiger partial charge in [0.1, 0.15) is 5.52 Å². The molecule has 0 radical (unpaired) electrons. The Bertz CT molecular complexity index is 980. The molecule has 1 aliphatic rings. The number of oxazole rings is 1. The van der Waals surface area contributed by atoms with Crippen LogP contribution in [0.3, 0.4) is 0 Å². The summed E-state index contributed by atoms with van der Waals surface area (Å²) >= 11 is 1.34. The molecule has 2 aromatic heterocycles. The topological polar surface area (TPSA) is 92.1 Å². The van der Waals surface area contributed by atoms with Gasteiger partial charge in [0.05, 0.1) is 23.8 Å². The number of carbonyl (C=O) groups excluding carboxylic acids is 1. The Kier molecular flexibility index (Phi) is 4.50. The Hall–Kier alpha value is -2.61. The first kappa shape index (κ1) is 16.8. The summed E-state index contributed by atoms with van der Waals surface area (Å²) in [5.41, 5.74) is 2.74. The molecular formula is C18H18N4O3S. The smallest absolute Gasteiger partial charge is 0.257 e. The van der Waals surface area contributed by atoms with E-state index in [-0.39, 0.29) is 16.7 Å². The highest BCUT2D eigenvalue weighted by atomic mass is 32.2. The van der Waals surface area contributed by atoms with Crippen LogP contribution in [0.4, 0.5) is 0 Å². The summed E-state index contributed by atoms with van der Waals surface area (Å²) in [5.74, 6) is 0.0208. The maximum Gasteiger partial charge on any atom is 0.257 e. The molecule has 8 heteroatoms. The second kappa shape index (κ2) is 6.95. The third kappa shape index (κ3) is 3.12. The van der Waals surface area contributed by atoms with Gasteiger partial charge in [0.2, 0.25) is 5.91 Å². The van der Waals surface area contributed by atoms with Crippen LogP contribution < -0.4 is 5.56 Å². The molecule has 26 heavy (non-hydrogen) atoms. The molecule has 1 atom stereocenters. The van der Waals surface area contributed by atoms with Gasteiger partial charge >= 0.3 is 0 Å². The van der Waals surface area contributed by atoms with Crippen molar-refractivity contribution in [1.29, 1.82) is 0 Å². The molecule has 0 spiro atoms. The van der Waals surface area contributed by atoms with Gasteiger partial charge in [-0.3, -0.25) is 9.59 Å². The molecule has 1 N–H and O–H groups in total. The number of amides is 1. The molecular weight excluding hydrogens is 352 g/mol. The van der Waals surface area contributed by atoms with Crippen molar-refractivity contribution >= 4 is 28.8 Å². The number of para-hydroxylation sites is 2. The number of benzene rings is 1. The van der Waals surface area contributed by atoms with Gasteiger partial charge < -0.3 is 14.3 Å². The van der Waals surface area contributed by atoms with Crippen molar-refractivity contribution in [1.82, 2.24) is 19.9 Å². The van der Waals surface area contributed by atoms with Crippen LogP contribution in [0.15, 0.2) is 45.0 Å². The van der Waals surface area contributed by atoms with E-state index in [9.17, 15) is 9.59 Å². The zero-order valence-corrected chi connectivity index (χ0v) is 15.1. The minimum Gasteiger partial charge on any atom is -0.431 e. The SMILES string of the molecule is CC[C@@H](Sc1nc2ccccc2o1)C(=O)N1CCc2c(nc[nH]c2=O)C1. The van der Waals surface area contributed by atoms with Crippen LogP contribution in [0.2, 0.25) is 0 Å². The highest BCUT2D eigenvalue weighted by molar-refractivity contribution is 8.00. The first-order valence-electron chi connectivity index (χ1n) is 8.52. The second-order valence-corrected chi connectivity index (χ2v) is 7.28. The van der Waals surface area contributed by atoms with Crippen molar-refractivity contribution in [3.05, 3.63) is 52.2 Å². The first-order valence-corrected chi connectivity index (χ1v) is 9.40. The van der Waals surface area contributed by atoms with Crippen molar-refractivity contribution in [2.45, 2.75) is 36.8 Å². The van der Waals surface area contributed by atoms with Crippen LogP contribution in [0.1, 0.15) is 24.6 Å². The van der Waals surface area contributed by atoms with Crippen molar-refractivity contribution in [2.75, 3.05) is 6.54 Å². The monoisotopic (exact) mass is 370 g/mol. The second-order valence-electron chi connectivity index (χ2n) is 6.13. The molecule has 3 aromatic rings. The lowest BCUT2D eigenvalue weighted by molar-refractivity contribution is -0.131. The van der Waals surface area contributed by atoms with Crippen LogP contribution in [0.5, 0.6) is 0 Å². The zero-order chi connectivity index (χ0) is 18.1. The number of fused-ring (bicyclic) bond motifs is 2. The summed E-state index contributed by atoms with van der Waals surface area (Å²) in [6.45, 7) is 2.85. The van der Waals surface area contributed by atoms with E-state index in [1.54, 1.807) is 4.90 Å². The van der Waals surface area contributed by atoms with Crippen molar-refractivity contribution in [3.63, 3.8) is 0 Å². The van der Waals surface area contributed by atoms with Crippen molar-refractivity contribution in [3.8, 4) is 0 Å². The zero-order valence-electron chi connectivity index (χ0n) is 14.3. The summed E-state index contributed by atoms with van der Waals surface area (Å²) < 4.78 is 5.73. The van der Waals surface area contributed by atoms with Gasteiger partial charge in [0, 0.05) is 12.1 Å². The number of nitrogens with zero attached hydrogens (tertiary/aromatic N) is 3. The van der Waals surface area contributed by atoms with Crippen LogP contribution >= 0.6 is 11.8 Å². The third-order valence-corrected chi connectivity index (χ3v) is 5.68. The van der Waals surface area contributed by atoms with Crippen LogP contribution in [0.25, 0.3) is 11.1 Å². The fourth-order valence-electron chi connectivity index (χ4n) is 3.09. The Labute approximate surface area is 153 Å². The van der Waals surface area contributed by atoms with Gasteiger partial charge in [-0.2, -0.15) is 0 Å². The number of aromatic nitrogens is 3. The highest BCUT2D eigenvalue weighted by Crippen LogP contribution is 2.30. The van der Waals surface area contributed by atoms with E-state index >= 15 is 0 Å². The van der Waals surface area contributed by atoms with E-state index in [1.807, 2.05) is 31.2 Å². The number of H-pyrrole nitrogens is 1. The number of nitrogens with one attached hydrogen (secondary N) is 1. The van der Waals surface area contributed by atoms with Gasteiger partial charge in [0.15, 0.2) is 5.58 Å². The predicted octanol–water partition coefficient (Wildman–Crippen LogP) is 2.37. The lowest BCUT2D eigenvalue weighted by atomic mass is 10.1. The van der Waals surface area contributed by atoms with Gasteiger partial charge in [-0.05, 0) is 25.0 Å². The molecule has 0 aliphatic carbocycles. The van der Waals surface area contributed by atoms with Gasteiger partial charge in [-0.1, -0.05) is 30.8 Å². The number of aromatic amines is 1. The summed E-state index contributed by atoms with van der Waals surface area (Å²) in [5, 5.41) is 0.213. The molecule has 1 aromatic carbocycles. The van der Waals surface area contributed by atoms with E-state index in [2.05, 4.69) is 15.0 Å². The van der Waals surface area contributed by atoms with Crippen LogP contribution in [-0.2, 0) is 17.8 Å². The van der Waals surface area contributed by atoms with Crippen molar-refractivity contribution in [2.24, 2.45) is 0 Å². The summed E-state index contributed by atoms with van der Waals surface area (Å²) in [4.78, 5) is 37.8. The number of hydrogen-bond donors (Lipinski definition) is 1. The molecule has 0 unspecified atom stereocenters. The molecule has 7 nitrogen and oxygen atoms in total. The third-order valence-electron chi connectivity index (χ3n) is 4.49. The Morgan fingerprint density at radius 2 is 2.27 bits per heavy atom.